The molecule has 0 aliphatic rings. The highest BCUT2D eigenvalue weighted by atomic mass is 15.2. The summed E-state index contributed by atoms with van der Waals surface area (Å²) >= 11 is 0. The Morgan fingerprint density at radius 1 is 1.25 bits per heavy atom. The summed E-state index contributed by atoms with van der Waals surface area (Å²) < 4.78 is 0. The molecule has 0 bridgehead atoms. The first-order chi connectivity index (χ1) is 9.69. The molecule has 0 saturated carbocycles. The molecule has 0 spiro atoms. The fraction of sp³-hybridized carbons (Fsp3) is 0.400. The van der Waals surface area contributed by atoms with Gasteiger partial charge in [0.25, 0.3) is 0 Å². The van der Waals surface area contributed by atoms with Crippen molar-refractivity contribution < 1.29 is 0 Å². The van der Waals surface area contributed by atoms with Crippen LogP contribution < -0.4 is 10.2 Å². The van der Waals surface area contributed by atoms with Crippen molar-refractivity contribution in [1.82, 2.24) is 15.0 Å². The molecule has 5 heteroatoms. The summed E-state index contributed by atoms with van der Waals surface area (Å²) in [6.07, 6.45) is 2.88. The Kier molecular flexibility index (Phi) is 4.87. The zero-order chi connectivity index (χ0) is 14.4. The second-order valence-corrected chi connectivity index (χ2v) is 4.76. The van der Waals surface area contributed by atoms with E-state index < -0.39 is 0 Å². The predicted octanol–water partition coefficient (Wildman–Crippen LogP) is 2.64. The SMILES string of the molecule is CCCNc1cc(N(C)Cc2ccccn2)nc(C)n1. The van der Waals surface area contributed by atoms with Gasteiger partial charge in [0.2, 0.25) is 0 Å². The van der Waals surface area contributed by atoms with Crippen LogP contribution in [0.3, 0.4) is 0 Å². The van der Waals surface area contributed by atoms with Crippen molar-refractivity contribution in [3.8, 4) is 0 Å². The van der Waals surface area contributed by atoms with Crippen LogP contribution in [0.25, 0.3) is 0 Å². The highest BCUT2D eigenvalue weighted by Gasteiger charge is 2.07. The molecule has 0 atom stereocenters. The second-order valence-electron chi connectivity index (χ2n) is 4.76. The van der Waals surface area contributed by atoms with E-state index in [-0.39, 0.29) is 0 Å². The molecule has 2 rings (SSSR count). The summed E-state index contributed by atoms with van der Waals surface area (Å²) in [6.45, 7) is 5.69. The third-order valence-corrected chi connectivity index (χ3v) is 2.90. The van der Waals surface area contributed by atoms with E-state index in [4.69, 9.17) is 0 Å². The van der Waals surface area contributed by atoms with Gasteiger partial charge in [-0.05, 0) is 25.5 Å². The highest BCUT2D eigenvalue weighted by Crippen LogP contribution is 2.16. The van der Waals surface area contributed by atoms with Crippen LogP contribution >= 0.6 is 0 Å². The van der Waals surface area contributed by atoms with Gasteiger partial charge in [0, 0.05) is 25.9 Å². The average Bonchev–Trinajstić information content (AvgIpc) is 2.45. The van der Waals surface area contributed by atoms with Crippen molar-refractivity contribution in [2.45, 2.75) is 26.8 Å². The lowest BCUT2D eigenvalue weighted by Gasteiger charge is -2.19. The fourth-order valence-electron chi connectivity index (χ4n) is 1.91. The Bertz CT molecular complexity index is 541. The van der Waals surface area contributed by atoms with Gasteiger partial charge in [-0.1, -0.05) is 13.0 Å². The van der Waals surface area contributed by atoms with Crippen LogP contribution in [-0.2, 0) is 6.54 Å². The molecular formula is C15H21N5. The van der Waals surface area contributed by atoms with E-state index >= 15 is 0 Å². The van der Waals surface area contributed by atoms with Gasteiger partial charge in [-0.25, -0.2) is 9.97 Å². The van der Waals surface area contributed by atoms with Crippen molar-refractivity contribution in [2.75, 3.05) is 23.8 Å². The third-order valence-electron chi connectivity index (χ3n) is 2.90. The molecule has 0 unspecified atom stereocenters. The molecule has 5 nitrogen and oxygen atoms in total. The van der Waals surface area contributed by atoms with E-state index in [2.05, 4.69) is 32.1 Å². The Labute approximate surface area is 120 Å². The first kappa shape index (κ1) is 14.2. The molecule has 2 aromatic heterocycles. The molecule has 0 aromatic carbocycles. The molecule has 0 aliphatic heterocycles. The maximum absolute atomic E-state index is 4.49. The zero-order valence-corrected chi connectivity index (χ0v) is 12.3. The van der Waals surface area contributed by atoms with Gasteiger partial charge in [0.05, 0.1) is 12.2 Å². The Balaban J connectivity index is 2.12. The van der Waals surface area contributed by atoms with Crippen LogP contribution in [-0.4, -0.2) is 28.5 Å². The molecule has 0 saturated heterocycles. The number of rotatable bonds is 6. The monoisotopic (exact) mass is 271 g/mol. The Morgan fingerprint density at radius 3 is 2.80 bits per heavy atom. The number of nitrogens with zero attached hydrogens (tertiary/aromatic N) is 4. The topological polar surface area (TPSA) is 53.9 Å². The van der Waals surface area contributed by atoms with Crippen LogP contribution in [0, 0.1) is 6.92 Å². The minimum Gasteiger partial charge on any atom is -0.370 e. The third kappa shape index (κ3) is 3.91. The lowest BCUT2D eigenvalue weighted by molar-refractivity contribution is 0.851. The van der Waals surface area contributed by atoms with Crippen molar-refractivity contribution >= 4 is 11.6 Å². The molecule has 1 N–H and O–H groups in total. The van der Waals surface area contributed by atoms with Crippen molar-refractivity contribution in [1.29, 1.82) is 0 Å². The highest BCUT2D eigenvalue weighted by molar-refractivity contribution is 5.49. The van der Waals surface area contributed by atoms with Crippen LogP contribution in [0.2, 0.25) is 0 Å². The number of hydrogen-bond acceptors (Lipinski definition) is 5. The van der Waals surface area contributed by atoms with Crippen LogP contribution in [0.5, 0.6) is 0 Å². The number of aryl methyl sites for hydroxylation is 1. The van der Waals surface area contributed by atoms with E-state index in [0.29, 0.717) is 0 Å². The van der Waals surface area contributed by atoms with Crippen molar-refractivity contribution in [2.24, 2.45) is 0 Å². The summed E-state index contributed by atoms with van der Waals surface area (Å²) in [7, 11) is 2.01. The quantitative estimate of drug-likeness (QED) is 0.875. The van der Waals surface area contributed by atoms with Crippen LogP contribution in [0.4, 0.5) is 11.6 Å². The molecule has 20 heavy (non-hydrogen) atoms. The normalized spacial score (nSPS) is 10.3. The van der Waals surface area contributed by atoms with Crippen LogP contribution in [0.15, 0.2) is 30.5 Å². The second kappa shape index (κ2) is 6.84. The zero-order valence-electron chi connectivity index (χ0n) is 12.3. The lowest BCUT2D eigenvalue weighted by Crippen LogP contribution is -2.19. The Hall–Kier alpha value is -2.17. The number of nitrogens with one attached hydrogen (secondary N) is 1. The first-order valence-electron chi connectivity index (χ1n) is 6.89. The lowest BCUT2D eigenvalue weighted by atomic mass is 10.3. The van der Waals surface area contributed by atoms with Gasteiger partial charge in [0.1, 0.15) is 17.5 Å². The number of hydrogen-bond donors (Lipinski definition) is 1. The minimum absolute atomic E-state index is 0.727. The maximum atomic E-state index is 4.49. The summed E-state index contributed by atoms with van der Waals surface area (Å²) in [5.41, 5.74) is 1.02. The molecule has 0 amide bonds. The standard InChI is InChI=1S/C15H21N5/c1-4-8-17-14-10-15(19-12(2)18-14)20(3)11-13-7-5-6-9-16-13/h5-7,9-10H,4,8,11H2,1-3H3,(H,17,18,19). The summed E-state index contributed by atoms with van der Waals surface area (Å²) in [5.74, 6) is 2.55. The molecule has 106 valence electrons. The summed E-state index contributed by atoms with van der Waals surface area (Å²) in [4.78, 5) is 15.3. The van der Waals surface area contributed by atoms with Gasteiger partial charge < -0.3 is 10.2 Å². The predicted molar refractivity (Wildman–Crippen MR) is 81.9 cm³/mol. The van der Waals surface area contributed by atoms with Crippen LogP contribution in [0.1, 0.15) is 24.9 Å². The number of pyridine rings is 1. The molecule has 0 fully saturated rings. The van der Waals surface area contributed by atoms with Gasteiger partial charge in [-0.2, -0.15) is 0 Å². The van der Waals surface area contributed by atoms with Gasteiger partial charge >= 0.3 is 0 Å². The first-order valence-corrected chi connectivity index (χ1v) is 6.89. The average molecular weight is 271 g/mol. The summed E-state index contributed by atoms with van der Waals surface area (Å²) in [5, 5.41) is 3.30. The maximum Gasteiger partial charge on any atom is 0.134 e. The van der Waals surface area contributed by atoms with Gasteiger partial charge in [-0.3, -0.25) is 4.98 Å². The van der Waals surface area contributed by atoms with E-state index in [1.165, 1.54) is 0 Å². The smallest absolute Gasteiger partial charge is 0.134 e. The fourth-order valence-corrected chi connectivity index (χ4v) is 1.91. The molecule has 0 aliphatic carbocycles. The van der Waals surface area contributed by atoms with E-state index in [0.717, 1.165) is 42.7 Å². The number of anilines is 2. The van der Waals surface area contributed by atoms with E-state index in [1.807, 2.05) is 44.4 Å². The molecular weight excluding hydrogens is 250 g/mol. The molecule has 2 aromatic rings. The largest absolute Gasteiger partial charge is 0.370 e. The number of aromatic nitrogens is 3. The van der Waals surface area contributed by atoms with Gasteiger partial charge in [0.15, 0.2) is 0 Å². The van der Waals surface area contributed by atoms with E-state index in [1.54, 1.807) is 0 Å². The minimum atomic E-state index is 0.727. The van der Waals surface area contributed by atoms with Gasteiger partial charge in [-0.15, -0.1) is 0 Å². The van der Waals surface area contributed by atoms with Crippen molar-refractivity contribution in [3.63, 3.8) is 0 Å². The van der Waals surface area contributed by atoms with Crippen molar-refractivity contribution in [3.05, 3.63) is 42.0 Å². The van der Waals surface area contributed by atoms with E-state index in [9.17, 15) is 0 Å². The molecule has 0 radical (unpaired) electrons. The molecule has 2 heterocycles. The Morgan fingerprint density at radius 2 is 2.10 bits per heavy atom. The summed E-state index contributed by atoms with van der Waals surface area (Å²) in [6, 6.07) is 7.91.